The van der Waals surface area contributed by atoms with Crippen molar-refractivity contribution in [2.75, 3.05) is 20.2 Å². The zero-order chi connectivity index (χ0) is 13.7. The molecule has 2 rings (SSSR count). The number of nitriles is 1. The molecule has 1 heterocycles. The Kier molecular flexibility index (Phi) is 5.17. The van der Waals surface area contributed by atoms with E-state index in [1.165, 1.54) is 0 Å². The summed E-state index contributed by atoms with van der Waals surface area (Å²) in [5, 5.41) is 12.3. The molecule has 1 amide bonds. The highest BCUT2D eigenvalue weighted by atomic mass is 16.5. The Hall–Kier alpha value is -1.12. The summed E-state index contributed by atoms with van der Waals surface area (Å²) < 4.78 is 5.34. The van der Waals surface area contributed by atoms with Crippen molar-refractivity contribution in [2.24, 2.45) is 0 Å². The van der Waals surface area contributed by atoms with Gasteiger partial charge in [0.15, 0.2) is 0 Å². The van der Waals surface area contributed by atoms with Gasteiger partial charge < -0.3 is 15.0 Å². The van der Waals surface area contributed by atoms with Crippen LogP contribution in [0.3, 0.4) is 0 Å². The van der Waals surface area contributed by atoms with Crippen LogP contribution < -0.4 is 5.32 Å². The number of amides is 1. The van der Waals surface area contributed by atoms with E-state index in [1.807, 2.05) is 0 Å². The molecule has 0 spiro atoms. The quantitative estimate of drug-likeness (QED) is 0.825. The summed E-state index contributed by atoms with van der Waals surface area (Å²) in [4.78, 5) is 13.8. The average molecular weight is 265 g/mol. The van der Waals surface area contributed by atoms with Crippen molar-refractivity contribution < 1.29 is 9.53 Å². The van der Waals surface area contributed by atoms with E-state index in [0.29, 0.717) is 18.7 Å². The SMILES string of the molecule is COC1CCC(NCC(=O)N2CCC[C@H]2C#N)CC1. The number of carbonyl (C=O) groups excluding carboxylic acids is 1. The van der Waals surface area contributed by atoms with Crippen molar-refractivity contribution >= 4 is 5.91 Å². The van der Waals surface area contributed by atoms with Crippen LogP contribution in [0.25, 0.3) is 0 Å². The number of methoxy groups -OCH3 is 1. The van der Waals surface area contributed by atoms with Gasteiger partial charge >= 0.3 is 0 Å². The molecule has 1 atom stereocenters. The lowest BCUT2D eigenvalue weighted by atomic mass is 9.93. The number of hydrogen-bond donors (Lipinski definition) is 1. The van der Waals surface area contributed by atoms with Gasteiger partial charge in [-0.3, -0.25) is 4.79 Å². The molecule has 2 aliphatic rings. The summed E-state index contributed by atoms with van der Waals surface area (Å²) in [5.41, 5.74) is 0. The van der Waals surface area contributed by atoms with Crippen LogP contribution in [0.5, 0.6) is 0 Å². The van der Waals surface area contributed by atoms with Crippen LogP contribution in [0, 0.1) is 11.3 Å². The number of rotatable bonds is 4. The maximum absolute atomic E-state index is 12.1. The van der Waals surface area contributed by atoms with Crippen LogP contribution in [-0.4, -0.2) is 49.2 Å². The van der Waals surface area contributed by atoms with E-state index in [9.17, 15) is 4.79 Å². The van der Waals surface area contributed by atoms with Crippen LogP contribution in [0.4, 0.5) is 0 Å². The molecule has 0 bridgehead atoms. The highest BCUT2D eigenvalue weighted by molar-refractivity contribution is 5.79. The molecule has 1 saturated heterocycles. The molecular formula is C14H23N3O2. The monoisotopic (exact) mass is 265 g/mol. The third kappa shape index (κ3) is 3.68. The van der Waals surface area contributed by atoms with Gasteiger partial charge in [-0.2, -0.15) is 5.26 Å². The van der Waals surface area contributed by atoms with Gasteiger partial charge in [0.2, 0.25) is 5.91 Å². The zero-order valence-corrected chi connectivity index (χ0v) is 11.6. The number of ether oxygens (including phenoxy) is 1. The van der Waals surface area contributed by atoms with Crippen molar-refractivity contribution in [3.8, 4) is 6.07 Å². The van der Waals surface area contributed by atoms with Gasteiger partial charge in [-0.25, -0.2) is 0 Å². The van der Waals surface area contributed by atoms with E-state index in [0.717, 1.165) is 45.1 Å². The normalized spacial score (nSPS) is 31.2. The van der Waals surface area contributed by atoms with Crippen molar-refractivity contribution in [1.29, 1.82) is 5.26 Å². The molecular weight excluding hydrogens is 242 g/mol. The molecule has 1 saturated carbocycles. The Balaban J connectivity index is 1.71. The Bertz CT molecular complexity index is 345. The molecule has 0 aromatic carbocycles. The molecule has 0 unspecified atom stereocenters. The summed E-state index contributed by atoms with van der Waals surface area (Å²) in [5.74, 6) is 0.0675. The minimum atomic E-state index is -0.210. The third-order valence-electron chi connectivity index (χ3n) is 4.27. The smallest absolute Gasteiger partial charge is 0.237 e. The molecule has 5 nitrogen and oxygen atoms in total. The minimum Gasteiger partial charge on any atom is -0.381 e. The standard InChI is InChI=1S/C14H23N3O2/c1-19-13-6-4-11(5-7-13)16-10-14(18)17-8-2-3-12(17)9-15/h11-13,16H,2-8,10H2,1H3/t11?,12-,13?/m0/s1. The summed E-state index contributed by atoms with van der Waals surface area (Å²) >= 11 is 0. The summed E-state index contributed by atoms with van der Waals surface area (Å²) in [6.45, 7) is 1.09. The Morgan fingerprint density at radius 1 is 1.37 bits per heavy atom. The highest BCUT2D eigenvalue weighted by Gasteiger charge is 2.29. The first-order chi connectivity index (χ1) is 9.24. The molecule has 1 aliphatic carbocycles. The predicted molar refractivity (Wildman–Crippen MR) is 71.4 cm³/mol. The second-order valence-corrected chi connectivity index (χ2v) is 5.46. The zero-order valence-electron chi connectivity index (χ0n) is 11.6. The number of likely N-dealkylation sites (tertiary alicyclic amines) is 1. The van der Waals surface area contributed by atoms with Gasteiger partial charge in [-0.1, -0.05) is 0 Å². The van der Waals surface area contributed by atoms with Gasteiger partial charge in [0.1, 0.15) is 6.04 Å². The fourth-order valence-electron chi connectivity index (χ4n) is 3.04. The van der Waals surface area contributed by atoms with Crippen LogP contribution in [-0.2, 0) is 9.53 Å². The summed E-state index contributed by atoms with van der Waals surface area (Å²) in [6.07, 6.45) is 6.40. The van der Waals surface area contributed by atoms with E-state index in [-0.39, 0.29) is 11.9 Å². The second-order valence-electron chi connectivity index (χ2n) is 5.46. The molecule has 19 heavy (non-hydrogen) atoms. The van der Waals surface area contributed by atoms with Crippen LogP contribution in [0.1, 0.15) is 38.5 Å². The highest BCUT2D eigenvalue weighted by Crippen LogP contribution is 2.21. The average Bonchev–Trinajstić information content (AvgIpc) is 2.93. The molecule has 2 fully saturated rings. The van der Waals surface area contributed by atoms with Gasteiger partial charge in [0.05, 0.1) is 18.7 Å². The topological polar surface area (TPSA) is 65.4 Å². The van der Waals surface area contributed by atoms with E-state index in [2.05, 4.69) is 11.4 Å². The number of nitrogens with zero attached hydrogens (tertiary/aromatic N) is 2. The first-order valence-electron chi connectivity index (χ1n) is 7.20. The van der Waals surface area contributed by atoms with Gasteiger partial charge in [0.25, 0.3) is 0 Å². The van der Waals surface area contributed by atoms with Gasteiger partial charge in [-0.05, 0) is 38.5 Å². The summed E-state index contributed by atoms with van der Waals surface area (Å²) in [6, 6.07) is 2.41. The molecule has 0 aromatic heterocycles. The molecule has 5 heteroatoms. The first kappa shape index (κ1) is 14.3. The largest absolute Gasteiger partial charge is 0.381 e. The minimum absolute atomic E-state index is 0.0675. The third-order valence-corrected chi connectivity index (χ3v) is 4.27. The van der Waals surface area contributed by atoms with E-state index < -0.39 is 0 Å². The van der Waals surface area contributed by atoms with Gasteiger partial charge in [-0.15, -0.1) is 0 Å². The lowest BCUT2D eigenvalue weighted by molar-refractivity contribution is -0.130. The van der Waals surface area contributed by atoms with Crippen LogP contribution in [0.2, 0.25) is 0 Å². The maximum Gasteiger partial charge on any atom is 0.237 e. The van der Waals surface area contributed by atoms with Crippen LogP contribution in [0.15, 0.2) is 0 Å². The van der Waals surface area contributed by atoms with E-state index in [4.69, 9.17) is 10.00 Å². The van der Waals surface area contributed by atoms with Crippen molar-refractivity contribution in [3.05, 3.63) is 0 Å². The molecule has 1 aliphatic heterocycles. The fourth-order valence-corrected chi connectivity index (χ4v) is 3.04. The molecule has 106 valence electrons. The molecule has 1 N–H and O–H groups in total. The lowest BCUT2D eigenvalue weighted by Gasteiger charge is -2.29. The predicted octanol–water partition coefficient (Wildman–Crippen LogP) is 1.05. The molecule has 0 radical (unpaired) electrons. The van der Waals surface area contributed by atoms with Crippen LogP contribution >= 0.6 is 0 Å². The first-order valence-corrected chi connectivity index (χ1v) is 7.20. The Labute approximate surface area is 114 Å². The lowest BCUT2D eigenvalue weighted by Crippen LogP contribution is -2.44. The van der Waals surface area contributed by atoms with E-state index >= 15 is 0 Å². The van der Waals surface area contributed by atoms with E-state index in [1.54, 1.807) is 12.0 Å². The number of hydrogen-bond acceptors (Lipinski definition) is 4. The Morgan fingerprint density at radius 2 is 2.11 bits per heavy atom. The second kappa shape index (κ2) is 6.88. The van der Waals surface area contributed by atoms with Crippen molar-refractivity contribution in [3.63, 3.8) is 0 Å². The van der Waals surface area contributed by atoms with Crippen molar-refractivity contribution in [1.82, 2.24) is 10.2 Å². The molecule has 0 aromatic rings. The Morgan fingerprint density at radius 3 is 2.74 bits per heavy atom. The summed E-state index contributed by atoms with van der Waals surface area (Å²) in [7, 11) is 1.76. The fraction of sp³-hybridized carbons (Fsp3) is 0.857. The number of nitrogens with one attached hydrogen (secondary N) is 1. The maximum atomic E-state index is 12.1. The van der Waals surface area contributed by atoms with Gasteiger partial charge in [0, 0.05) is 19.7 Å². The van der Waals surface area contributed by atoms with Crippen molar-refractivity contribution in [2.45, 2.75) is 56.7 Å². The number of carbonyl (C=O) groups is 1.